The summed E-state index contributed by atoms with van der Waals surface area (Å²) in [5, 5.41) is 2.09. The van der Waals surface area contributed by atoms with Gasteiger partial charge in [-0.3, -0.25) is 4.79 Å². The monoisotopic (exact) mass is 529 g/mol. The Hall–Kier alpha value is -4.09. The minimum absolute atomic E-state index is 0.0263. The molecule has 192 valence electrons. The van der Waals surface area contributed by atoms with Crippen LogP contribution in [0.3, 0.4) is 0 Å². The molecule has 3 aliphatic heterocycles. The first-order chi connectivity index (χ1) is 19.2. The first-order valence-electron chi connectivity index (χ1n) is 13.5. The smallest absolute Gasteiger partial charge is 0.289 e. The summed E-state index contributed by atoms with van der Waals surface area (Å²) in [6.45, 7) is 1.10. The Morgan fingerprint density at radius 2 is 1.51 bits per heavy atom. The van der Waals surface area contributed by atoms with Crippen LogP contribution in [0.25, 0.3) is 11.3 Å². The Morgan fingerprint density at radius 3 is 2.18 bits per heavy atom. The number of rotatable bonds is 5. The Balaban J connectivity index is 1.31. The van der Waals surface area contributed by atoms with E-state index in [9.17, 15) is 4.79 Å². The number of carbonyl (C=O) groups excluding carboxylic acids is 1. The van der Waals surface area contributed by atoms with Crippen LogP contribution >= 0.6 is 11.3 Å². The Labute approximate surface area is 231 Å². The molecule has 3 atom stereocenters. The Bertz CT molecular complexity index is 1630. The molecular formula is C34H27NO3S. The predicted octanol–water partition coefficient (Wildman–Crippen LogP) is 7.03. The predicted molar refractivity (Wildman–Crippen MR) is 153 cm³/mol. The number of amides is 1. The normalized spacial score (nSPS) is 26.9. The molecule has 1 fully saturated rings. The van der Waals surface area contributed by atoms with Gasteiger partial charge in [0.25, 0.3) is 5.91 Å². The lowest BCUT2D eigenvalue weighted by atomic mass is 9.53. The van der Waals surface area contributed by atoms with Gasteiger partial charge in [-0.25, -0.2) is 0 Å². The van der Waals surface area contributed by atoms with Gasteiger partial charge in [0.05, 0.1) is 16.4 Å². The van der Waals surface area contributed by atoms with Crippen molar-refractivity contribution in [1.29, 1.82) is 0 Å². The van der Waals surface area contributed by atoms with Crippen molar-refractivity contribution in [3.63, 3.8) is 0 Å². The highest BCUT2D eigenvalue weighted by molar-refractivity contribution is 7.11. The molecule has 39 heavy (non-hydrogen) atoms. The maximum atomic E-state index is 14.0. The van der Waals surface area contributed by atoms with Crippen LogP contribution in [0.2, 0.25) is 0 Å². The number of ether oxygens (including phenoxy) is 2. The van der Waals surface area contributed by atoms with Crippen molar-refractivity contribution in [2.45, 2.75) is 36.5 Å². The molecule has 0 unspecified atom stereocenters. The molecule has 0 bridgehead atoms. The third-order valence-electron chi connectivity index (χ3n) is 8.83. The molecule has 0 saturated heterocycles. The van der Waals surface area contributed by atoms with Gasteiger partial charge >= 0.3 is 0 Å². The fourth-order valence-corrected chi connectivity index (χ4v) is 7.84. The quantitative estimate of drug-likeness (QED) is 0.279. The van der Waals surface area contributed by atoms with Crippen LogP contribution in [0, 0.1) is 0 Å². The van der Waals surface area contributed by atoms with E-state index in [0.29, 0.717) is 18.8 Å². The van der Waals surface area contributed by atoms with Gasteiger partial charge < -0.3 is 14.4 Å². The van der Waals surface area contributed by atoms with Gasteiger partial charge in [0.2, 0.25) is 0 Å². The molecule has 3 aromatic carbocycles. The van der Waals surface area contributed by atoms with Crippen LogP contribution in [0.4, 0.5) is 0 Å². The van der Waals surface area contributed by atoms with E-state index in [4.69, 9.17) is 9.47 Å². The lowest BCUT2D eigenvalue weighted by Crippen LogP contribution is -2.68. The number of thiophene rings is 1. The van der Waals surface area contributed by atoms with Crippen molar-refractivity contribution in [2.24, 2.45) is 0 Å². The Morgan fingerprint density at radius 1 is 0.795 bits per heavy atom. The number of hydrogen-bond acceptors (Lipinski definition) is 4. The molecule has 4 aromatic rings. The maximum absolute atomic E-state index is 14.0. The average Bonchev–Trinajstić information content (AvgIpc) is 3.66. The molecule has 0 spiro atoms. The van der Waals surface area contributed by atoms with Crippen molar-refractivity contribution in [1.82, 2.24) is 4.90 Å². The van der Waals surface area contributed by atoms with Crippen molar-refractivity contribution < 1.29 is 14.3 Å². The average molecular weight is 530 g/mol. The summed E-state index contributed by atoms with van der Waals surface area (Å²) in [4.78, 5) is 17.0. The second-order valence-electron chi connectivity index (χ2n) is 10.8. The van der Waals surface area contributed by atoms with Crippen LogP contribution in [0.1, 0.15) is 40.3 Å². The van der Waals surface area contributed by atoms with Crippen LogP contribution in [-0.4, -0.2) is 28.6 Å². The topological polar surface area (TPSA) is 38.8 Å². The van der Waals surface area contributed by atoms with Crippen LogP contribution in [-0.2, 0) is 20.8 Å². The lowest BCUT2D eigenvalue weighted by molar-refractivity contribution is -0.199. The van der Waals surface area contributed by atoms with Crippen LogP contribution in [0.15, 0.2) is 120 Å². The van der Waals surface area contributed by atoms with Gasteiger partial charge in [0, 0.05) is 18.7 Å². The van der Waals surface area contributed by atoms with Crippen molar-refractivity contribution in [3.8, 4) is 0 Å². The third-order valence-corrected chi connectivity index (χ3v) is 9.70. The second kappa shape index (κ2) is 8.45. The highest BCUT2D eigenvalue weighted by Crippen LogP contribution is 2.72. The molecule has 4 nitrogen and oxygen atoms in total. The number of nitrogens with zero attached hydrogens (tertiary/aromatic N) is 1. The maximum Gasteiger partial charge on any atom is 0.289 e. The molecule has 1 aliphatic carbocycles. The van der Waals surface area contributed by atoms with Crippen LogP contribution < -0.4 is 0 Å². The van der Waals surface area contributed by atoms with Crippen molar-refractivity contribution >= 4 is 28.6 Å². The van der Waals surface area contributed by atoms with E-state index < -0.39 is 11.2 Å². The Kier molecular flexibility index (Phi) is 4.95. The zero-order chi connectivity index (χ0) is 26.0. The van der Waals surface area contributed by atoms with E-state index in [1.807, 2.05) is 35.2 Å². The fraction of sp³-hybridized carbons (Fsp3) is 0.206. The standard InChI is InChI=1S/C34H27NO3S/c36-32-30-26(22-35(32)21-23-11-4-1-5-12-23)28(24-13-6-2-7-14-24)33-18-19-34(33,37-30)29(25-15-8-3-9-16-25)31(38-33)27-17-10-20-39-27/h1-17,20,28H,18-19,21-22H2/t28-,33-,34-/m0/s1. The molecule has 4 heterocycles. The van der Waals surface area contributed by atoms with E-state index in [1.165, 1.54) is 5.56 Å². The summed E-state index contributed by atoms with van der Waals surface area (Å²) < 4.78 is 14.3. The summed E-state index contributed by atoms with van der Waals surface area (Å²) in [6.07, 6.45) is 1.67. The van der Waals surface area contributed by atoms with E-state index in [1.54, 1.807) is 11.3 Å². The number of benzene rings is 3. The summed E-state index contributed by atoms with van der Waals surface area (Å²) in [6, 6.07) is 35.4. The minimum Gasteiger partial charge on any atom is -0.480 e. The first-order valence-corrected chi connectivity index (χ1v) is 14.4. The fourth-order valence-electron chi connectivity index (χ4n) is 7.13. The van der Waals surface area contributed by atoms with Gasteiger partial charge in [0.15, 0.2) is 17.0 Å². The second-order valence-corrected chi connectivity index (χ2v) is 11.8. The summed E-state index contributed by atoms with van der Waals surface area (Å²) in [5.41, 5.74) is 4.14. The van der Waals surface area contributed by atoms with Crippen molar-refractivity contribution in [3.05, 3.63) is 141 Å². The van der Waals surface area contributed by atoms with E-state index in [0.717, 1.165) is 45.8 Å². The van der Waals surface area contributed by atoms with Gasteiger partial charge in [-0.1, -0.05) is 97.1 Å². The molecular weight excluding hydrogens is 502 g/mol. The molecule has 1 amide bonds. The summed E-state index contributed by atoms with van der Waals surface area (Å²) in [7, 11) is 0. The molecule has 8 rings (SSSR count). The zero-order valence-electron chi connectivity index (χ0n) is 21.4. The molecule has 0 radical (unpaired) electrons. The first kappa shape index (κ1) is 22.9. The molecule has 0 N–H and O–H groups in total. The van der Waals surface area contributed by atoms with Gasteiger partial charge in [-0.15, -0.1) is 11.3 Å². The highest BCUT2D eigenvalue weighted by atomic mass is 32.1. The molecule has 1 saturated carbocycles. The van der Waals surface area contributed by atoms with Gasteiger partial charge in [0.1, 0.15) is 5.76 Å². The number of carbonyl (C=O) groups is 1. The minimum atomic E-state index is -0.731. The van der Waals surface area contributed by atoms with E-state index >= 15 is 0 Å². The zero-order valence-corrected chi connectivity index (χ0v) is 22.2. The van der Waals surface area contributed by atoms with Gasteiger partial charge in [-0.05, 0) is 41.0 Å². The molecule has 1 aromatic heterocycles. The summed E-state index contributed by atoms with van der Waals surface area (Å²) in [5.74, 6) is 1.29. The summed E-state index contributed by atoms with van der Waals surface area (Å²) >= 11 is 1.68. The highest BCUT2D eigenvalue weighted by Gasteiger charge is 2.77. The lowest BCUT2D eigenvalue weighted by Gasteiger charge is -2.59. The van der Waals surface area contributed by atoms with E-state index in [-0.39, 0.29) is 11.8 Å². The molecule has 4 aliphatic rings. The molecule has 5 heteroatoms. The number of hydrogen-bond donors (Lipinski definition) is 0. The third kappa shape index (κ3) is 3.14. The van der Waals surface area contributed by atoms with Gasteiger partial charge in [-0.2, -0.15) is 0 Å². The largest absolute Gasteiger partial charge is 0.480 e. The van der Waals surface area contributed by atoms with E-state index in [2.05, 4.69) is 78.2 Å². The van der Waals surface area contributed by atoms with Crippen molar-refractivity contribution in [2.75, 3.05) is 6.54 Å². The SMILES string of the molecule is O=C1C2=C(CN1Cc1ccccc1)[C@H](c1ccccc1)[C@@]13CC[C@]1(O2)C(c1ccccc1)=C(c1cccs1)O3. The van der Waals surface area contributed by atoms with Crippen LogP contribution in [0.5, 0.6) is 0 Å².